The van der Waals surface area contributed by atoms with E-state index >= 15 is 0 Å². The van der Waals surface area contributed by atoms with Gasteiger partial charge in [0.2, 0.25) is 5.89 Å². The van der Waals surface area contributed by atoms with Crippen LogP contribution in [0, 0.1) is 0 Å². The van der Waals surface area contributed by atoms with Crippen LogP contribution in [0.2, 0.25) is 0 Å². The molecule has 0 aliphatic carbocycles. The Morgan fingerprint density at radius 3 is 2.76 bits per heavy atom. The van der Waals surface area contributed by atoms with Crippen molar-refractivity contribution in [3.8, 4) is 0 Å². The number of carbonyl (C=O) groups excluding carboxylic acids is 1. The number of amides is 1. The lowest BCUT2D eigenvalue weighted by Gasteiger charge is -2.33. The zero-order valence-electron chi connectivity index (χ0n) is 12.0. The molecule has 1 saturated heterocycles. The molecule has 7 nitrogen and oxygen atoms in total. The fourth-order valence-electron chi connectivity index (χ4n) is 2.35. The molecule has 3 rings (SSSR count). The number of nitrogens with zero attached hydrogens (tertiary/aromatic N) is 4. The molecule has 0 saturated carbocycles. The van der Waals surface area contributed by atoms with Crippen LogP contribution in [0.5, 0.6) is 0 Å². The Morgan fingerprint density at radius 1 is 1.33 bits per heavy atom. The molecule has 0 radical (unpaired) electrons. The third kappa shape index (κ3) is 3.13. The summed E-state index contributed by atoms with van der Waals surface area (Å²) in [6.07, 6.45) is 2.29. The molecule has 3 heterocycles. The quantitative estimate of drug-likeness (QED) is 0.841. The summed E-state index contributed by atoms with van der Waals surface area (Å²) in [5.74, 6) is 1.72. The van der Waals surface area contributed by atoms with E-state index in [0.717, 1.165) is 25.3 Å². The van der Waals surface area contributed by atoms with Crippen molar-refractivity contribution >= 4 is 5.91 Å². The van der Waals surface area contributed by atoms with E-state index in [-0.39, 0.29) is 5.91 Å². The molecule has 1 amide bonds. The van der Waals surface area contributed by atoms with Crippen LogP contribution in [-0.2, 0) is 13.0 Å². The predicted octanol–water partition coefficient (Wildman–Crippen LogP) is 1.18. The van der Waals surface area contributed by atoms with Gasteiger partial charge < -0.3 is 13.8 Å². The first-order chi connectivity index (χ1) is 10.3. The molecule has 2 aromatic rings. The molecule has 7 heteroatoms. The van der Waals surface area contributed by atoms with E-state index in [1.807, 2.05) is 6.92 Å². The highest BCUT2D eigenvalue weighted by molar-refractivity contribution is 5.91. The lowest BCUT2D eigenvalue weighted by Crippen LogP contribution is -2.48. The Balaban J connectivity index is 1.52. The zero-order chi connectivity index (χ0) is 14.7. The van der Waals surface area contributed by atoms with E-state index in [0.29, 0.717) is 31.3 Å². The maximum atomic E-state index is 12.1. The Bertz CT molecular complexity index is 585. The minimum Gasteiger partial charge on any atom is -0.459 e. The van der Waals surface area contributed by atoms with Gasteiger partial charge in [-0.1, -0.05) is 12.1 Å². The average molecular weight is 290 g/mol. The second-order valence-corrected chi connectivity index (χ2v) is 5.00. The molecule has 0 N–H and O–H groups in total. The Kier molecular flexibility index (Phi) is 4.01. The van der Waals surface area contributed by atoms with Crippen molar-refractivity contribution in [1.82, 2.24) is 19.9 Å². The van der Waals surface area contributed by atoms with Gasteiger partial charge in [-0.3, -0.25) is 9.69 Å². The minimum absolute atomic E-state index is 0.0503. The van der Waals surface area contributed by atoms with Gasteiger partial charge >= 0.3 is 0 Å². The SMILES string of the molecule is CCc1noc(CN2CCN(C(=O)c3ccco3)CC2)n1. The van der Waals surface area contributed by atoms with Crippen LogP contribution in [0.25, 0.3) is 0 Å². The molecule has 0 aromatic carbocycles. The van der Waals surface area contributed by atoms with Crippen molar-refractivity contribution < 1.29 is 13.7 Å². The van der Waals surface area contributed by atoms with Crippen molar-refractivity contribution in [2.45, 2.75) is 19.9 Å². The summed E-state index contributed by atoms with van der Waals surface area (Å²) in [4.78, 5) is 20.5. The molecular formula is C14H18N4O3. The lowest BCUT2D eigenvalue weighted by atomic mass is 10.3. The second kappa shape index (κ2) is 6.09. The van der Waals surface area contributed by atoms with E-state index in [1.165, 1.54) is 6.26 Å². The summed E-state index contributed by atoms with van der Waals surface area (Å²) in [5, 5.41) is 3.89. The fraction of sp³-hybridized carbons (Fsp3) is 0.500. The van der Waals surface area contributed by atoms with Crippen LogP contribution < -0.4 is 0 Å². The molecule has 2 aromatic heterocycles. The summed E-state index contributed by atoms with van der Waals surface area (Å²) in [7, 11) is 0. The van der Waals surface area contributed by atoms with Gasteiger partial charge in [-0.15, -0.1) is 0 Å². The Hall–Kier alpha value is -2.15. The predicted molar refractivity (Wildman–Crippen MR) is 73.6 cm³/mol. The highest BCUT2D eigenvalue weighted by Crippen LogP contribution is 2.11. The third-order valence-electron chi connectivity index (χ3n) is 3.58. The second-order valence-electron chi connectivity index (χ2n) is 5.00. The first kappa shape index (κ1) is 13.8. The molecule has 1 fully saturated rings. The standard InChI is InChI=1S/C14H18N4O3/c1-2-12-15-13(21-16-12)10-17-5-7-18(8-6-17)14(19)11-4-3-9-20-11/h3-4,9H,2,5-8,10H2,1H3. The summed E-state index contributed by atoms with van der Waals surface area (Å²) in [5.41, 5.74) is 0. The van der Waals surface area contributed by atoms with Crippen LogP contribution in [0.1, 0.15) is 29.2 Å². The average Bonchev–Trinajstić information content (AvgIpc) is 3.19. The summed E-state index contributed by atoms with van der Waals surface area (Å²) < 4.78 is 10.3. The van der Waals surface area contributed by atoms with E-state index in [9.17, 15) is 4.79 Å². The van der Waals surface area contributed by atoms with Gasteiger partial charge in [0.15, 0.2) is 11.6 Å². The molecule has 0 spiro atoms. The van der Waals surface area contributed by atoms with Gasteiger partial charge in [0.1, 0.15) is 0 Å². The number of aryl methyl sites for hydroxylation is 1. The molecule has 0 unspecified atom stereocenters. The van der Waals surface area contributed by atoms with Crippen LogP contribution in [0.15, 0.2) is 27.3 Å². The summed E-state index contributed by atoms with van der Waals surface area (Å²) in [6, 6.07) is 3.42. The largest absolute Gasteiger partial charge is 0.459 e. The van der Waals surface area contributed by atoms with E-state index in [1.54, 1.807) is 17.0 Å². The van der Waals surface area contributed by atoms with Gasteiger partial charge in [-0.2, -0.15) is 4.98 Å². The van der Waals surface area contributed by atoms with Gasteiger partial charge in [0.05, 0.1) is 12.8 Å². The van der Waals surface area contributed by atoms with Gasteiger partial charge in [-0.25, -0.2) is 0 Å². The number of rotatable bonds is 4. The van der Waals surface area contributed by atoms with Crippen molar-refractivity contribution in [2.75, 3.05) is 26.2 Å². The number of hydrogen-bond donors (Lipinski definition) is 0. The Morgan fingerprint density at radius 2 is 2.14 bits per heavy atom. The van der Waals surface area contributed by atoms with E-state index in [4.69, 9.17) is 8.94 Å². The van der Waals surface area contributed by atoms with E-state index in [2.05, 4.69) is 15.0 Å². The summed E-state index contributed by atoms with van der Waals surface area (Å²) >= 11 is 0. The number of furan rings is 1. The summed E-state index contributed by atoms with van der Waals surface area (Å²) in [6.45, 7) is 5.55. The highest BCUT2D eigenvalue weighted by atomic mass is 16.5. The third-order valence-corrected chi connectivity index (χ3v) is 3.58. The minimum atomic E-state index is -0.0503. The zero-order valence-corrected chi connectivity index (χ0v) is 12.0. The van der Waals surface area contributed by atoms with E-state index < -0.39 is 0 Å². The number of aromatic nitrogens is 2. The lowest BCUT2D eigenvalue weighted by molar-refractivity contribution is 0.0585. The number of carbonyl (C=O) groups is 1. The van der Waals surface area contributed by atoms with Crippen molar-refractivity contribution in [3.05, 3.63) is 35.9 Å². The van der Waals surface area contributed by atoms with Crippen LogP contribution >= 0.6 is 0 Å². The van der Waals surface area contributed by atoms with Crippen LogP contribution in [0.4, 0.5) is 0 Å². The van der Waals surface area contributed by atoms with Gasteiger partial charge in [0, 0.05) is 32.6 Å². The first-order valence-corrected chi connectivity index (χ1v) is 7.13. The maximum Gasteiger partial charge on any atom is 0.289 e. The molecular weight excluding hydrogens is 272 g/mol. The van der Waals surface area contributed by atoms with Crippen LogP contribution in [-0.4, -0.2) is 52.0 Å². The molecule has 21 heavy (non-hydrogen) atoms. The fourth-order valence-corrected chi connectivity index (χ4v) is 2.35. The number of hydrogen-bond acceptors (Lipinski definition) is 6. The molecule has 1 aliphatic heterocycles. The maximum absolute atomic E-state index is 12.1. The normalized spacial score (nSPS) is 16.3. The highest BCUT2D eigenvalue weighted by Gasteiger charge is 2.24. The first-order valence-electron chi connectivity index (χ1n) is 7.13. The molecule has 0 bridgehead atoms. The monoisotopic (exact) mass is 290 g/mol. The van der Waals surface area contributed by atoms with Crippen molar-refractivity contribution in [1.29, 1.82) is 0 Å². The molecule has 0 atom stereocenters. The smallest absolute Gasteiger partial charge is 0.289 e. The number of piperazine rings is 1. The topological polar surface area (TPSA) is 75.6 Å². The van der Waals surface area contributed by atoms with Gasteiger partial charge in [-0.05, 0) is 12.1 Å². The Labute approximate surface area is 122 Å². The molecule has 112 valence electrons. The van der Waals surface area contributed by atoms with Gasteiger partial charge in [0.25, 0.3) is 5.91 Å². The molecule has 1 aliphatic rings. The van der Waals surface area contributed by atoms with Crippen molar-refractivity contribution in [2.24, 2.45) is 0 Å². The van der Waals surface area contributed by atoms with Crippen LogP contribution in [0.3, 0.4) is 0 Å². The van der Waals surface area contributed by atoms with Crippen molar-refractivity contribution in [3.63, 3.8) is 0 Å².